The van der Waals surface area contributed by atoms with Crippen molar-refractivity contribution in [2.45, 2.75) is 32.0 Å². The Morgan fingerprint density at radius 1 is 1.33 bits per heavy atom. The summed E-state index contributed by atoms with van der Waals surface area (Å²) in [6, 6.07) is 2.65. The van der Waals surface area contributed by atoms with Gasteiger partial charge >= 0.3 is 6.18 Å². The highest BCUT2D eigenvalue weighted by Gasteiger charge is 2.36. The second-order valence-electron chi connectivity index (χ2n) is 4.84. The Labute approximate surface area is 120 Å². The van der Waals surface area contributed by atoms with Gasteiger partial charge in [0.2, 0.25) is 0 Å². The van der Waals surface area contributed by atoms with Gasteiger partial charge in [-0.25, -0.2) is 4.39 Å². The highest BCUT2D eigenvalue weighted by Crippen LogP contribution is 2.36. The second-order valence-corrected chi connectivity index (χ2v) is 4.84. The molecule has 116 valence electrons. The summed E-state index contributed by atoms with van der Waals surface area (Å²) in [5.74, 6) is -0.753. The average molecular weight is 303 g/mol. The Hall–Kier alpha value is -1.56. The number of rotatable bonds is 5. The van der Waals surface area contributed by atoms with Gasteiger partial charge in [0.05, 0.1) is 18.2 Å². The van der Waals surface area contributed by atoms with E-state index in [4.69, 9.17) is 4.74 Å². The summed E-state index contributed by atoms with van der Waals surface area (Å²) in [7, 11) is 0. The van der Waals surface area contributed by atoms with Crippen LogP contribution in [0, 0.1) is 5.82 Å². The summed E-state index contributed by atoms with van der Waals surface area (Å²) >= 11 is 0. The zero-order chi connectivity index (χ0) is 15.5. The molecule has 0 radical (unpaired) electrons. The SMILES string of the molecule is CCCNC(C1=CCCO1)c1cccc(C(F)(F)F)c1F. The van der Waals surface area contributed by atoms with E-state index in [1.807, 2.05) is 6.92 Å². The Bertz CT molecular complexity index is 525. The largest absolute Gasteiger partial charge is 0.496 e. The molecule has 1 aromatic carbocycles. The van der Waals surface area contributed by atoms with Gasteiger partial charge in [-0.05, 0) is 25.1 Å². The van der Waals surface area contributed by atoms with Gasteiger partial charge in [0.1, 0.15) is 11.6 Å². The fraction of sp³-hybridized carbons (Fsp3) is 0.467. The molecule has 0 amide bonds. The molecular weight excluding hydrogens is 286 g/mol. The Morgan fingerprint density at radius 2 is 2.10 bits per heavy atom. The predicted octanol–water partition coefficient (Wildman–Crippen LogP) is 4.19. The lowest BCUT2D eigenvalue weighted by atomic mass is 10.0. The number of hydrogen-bond donors (Lipinski definition) is 1. The van der Waals surface area contributed by atoms with Crippen molar-refractivity contribution >= 4 is 0 Å². The summed E-state index contributed by atoms with van der Waals surface area (Å²) in [6.45, 7) is 2.96. The van der Waals surface area contributed by atoms with Crippen molar-refractivity contribution < 1.29 is 22.3 Å². The number of halogens is 4. The first kappa shape index (κ1) is 15.8. The van der Waals surface area contributed by atoms with Gasteiger partial charge in [-0.2, -0.15) is 13.2 Å². The summed E-state index contributed by atoms with van der Waals surface area (Å²) in [6.07, 6.45) is -1.46. The van der Waals surface area contributed by atoms with E-state index in [1.54, 1.807) is 6.08 Å². The van der Waals surface area contributed by atoms with Gasteiger partial charge < -0.3 is 10.1 Å². The monoisotopic (exact) mass is 303 g/mol. The summed E-state index contributed by atoms with van der Waals surface area (Å²) in [5, 5.41) is 3.05. The van der Waals surface area contributed by atoms with E-state index in [1.165, 1.54) is 12.1 Å². The summed E-state index contributed by atoms with van der Waals surface area (Å²) in [5.41, 5.74) is -1.28. The van der Waals surface area contributed by atoms with Crippen LogP contribution in [0.4, 0.5) is 17.6 Å². The molecule has 0 saturated heterocycles. The van der Waals surface area contributed by atoms with E-state index in [2.05, 4.69) is 5.32 Å². The quantitative estimate of drug-likeness (QED) is 0.824. The minimum Gasteiger partial charge on any atom is -0.496 e. The minimum atomic E-state index is -4.71. The number of hydrogen-bond acceptors (Lipinski definition) is 2. The Morgan fingerprint density at radius 3 is 2.67 bits per heavy atom. The van der Waals surface area contributed by atoms with E-state index >= 15 is 0 Å². The fourth-order valence-electron chi connectivity index (χ4n) is 2.28. The lowest BCUT2D eigenvalue weighted by Crippen LogP contribution is -2.26. The first-order valence-corrected chi connectivity index (χ1v) is 6.87. The number of nitrogens with one attached hydrogen (secondary N) is 1. The normalized spacial score (nSPS) is 16.5. The number of benzene rings is 1. The number of alkyl halides is 3. The summed E-state index contributed by atoms with van der Waals surface area (Å²) < 4.78 is 58.1. The van der Waals surface area contributed by atoms with E-state index in [9.17, 15) is 17.6 Å². The maximum absolute atomic E-state index is 14.3. The predicted molar refractivity (Wildman–Crippen MR) is 71.1 cm³/mol. The molecule has 0 fully saturated rings. The first-order valence-electron chi connectivity index (χ1n) is 6.87. The highest BCUT2D eigenvalue weighted by molar-refractivity contribution is 5.34. The van der Waals surface area contributed by atoms with Crippen LogP contribution in [0.1, 0.15) is 36.9 Å². The van der Waals surface area contributed by atoms with E-state index in [0.29, 0.717) is 25.3 Å². The lowest BCUT2D eigenvalue weighted by molar-refractivity contribution is -0.140. The molecular formula is C15H17F4NO. The first-order chi connectivity index (χ1) is 9.95. The van der Waals surface area contributed by atoms with Crippen molar-refractivity contribution in [2.24, 2.45) is 0 Å². The third-order valence-electron chi connectivity index (χ3n) is 3.26. The zero-order valence-electron chi connectivity index (χ0n) is 11.6. The molecule has 1 unspecified atom stereocenters. The van der Waals surface area contributed by atoms with E-state index < -0.39 is 23.6 Å². The van der Waals surface area contributed by atoms with Gasteiger partial charge in [0, 0.05) is 12.0 Å². The standard InChI is InChI=1S/C15H17F4NO/c1-2-8-20-14(12-7-4-9-21-12)10-5-3-6-11(13(10)16)15(17,18)19/h3,5-7,14,20H,2,4,8-9H2,1H3. The maximum Gasteiger partial charge on any atom is 0.419 e. The van der Waals surface area contributed by atoms with Crippen molar-refractivity contribution in [1.29, 1.82) is 0 Å². The van der Waals surface area contributed by atoms with Crippen molar-refractivity contribution in [3.63, 3.8) is 0 Å². The smallest absolute Gasteiger partial charge is 0.419 e. The molecule has 0 spiro atoms. The van der Waals surface area contributed by atoms with Crippen LogP contribution in [0.2, 0.25) is 0 Å². The van der Waals surface area contributed by atoms with Crippen LogP contribution in [0.15, 0.2) is 30.0 Å². The Kier molecular flexibility index (Phi) is 4.88. The number of ether oxygens (including phenoxy) is 1. The molecule has 1 aromatic rings. The topological polar surface area (TPSA) is 21.3 Å². The van der Waals surface area contributed by atoms with Crippen molar-refractivity contribution in [2.75, 3.05) is 13.2 Å². The van der Waals surface area contributed by atoms with Crippen molar-refractivity contribution in [3.05, 3.63) is 47.0 Å². The van der Waals surface area contributed by atoms with Gasteiger partial charge in [-0.1, -0.05) is 19.1 Å². The molecule has 0 saturated carbocycles. The second kappa shape index (κ2) is 6.47. The molecule has 0 aliphatic carbocycles. The molecule has 0 bridgehead atoms. The van der Waals surface area contributed by atoms with Crippen LogP contribution in [-0.4, -0.2) is 13.2 Å². The molecule has 1 atom stereocenters. The van der Waals surface area contributed by atoms with Crippen molar-refractivity contribution in [1.82, 2.24) is 5.32 Å². The Balaban J connectivity index is 2.40. The minimum absolute atomic E-state index is 0.0357. The van der Waals surface area contributed by atoms with Gasteiger partial charge in [-0.15, -0.1) is 0 Å². The lowest BCUT2D eigenvalue weighted by Gasteiger charge is -2.22. The summed E-state index contributed by atoms with van der Waals surface area (Å²) in [4.78, 5) is 0. The molecule has 2 rings (SSSR count). The molecule has 6 heteroatoms. The van der Waals surface area contributed by atoms with Crippen LogP contribution in [0.5, 0.6) is 0 Å². The van der Waals surface area contributed by atoms with E-state index in [-0.39, 0.29) is 5.56 Å². The van der Waals surface area contributed by atoms with Crippen LogP contribution < -0.4 is 5.32 Å². The van der Waals surface area contributed by atoms with E-state index in [0.717, 1.165) is 12.5 Å². The molecule has 2 nitrogen and oxygen atoms in total. The van der Waals surface area contributed by atoms with Crippen LogP contribution in [-0.2, 0) is 10.9 Å². The average Bonchev–Trinajstić information content (AvgIpc) is 2.93. The molecule has 1 heterocycles. The van der Waals surface area contributed by atoms with Crippen molar-refractivity contribution in [3.8, 4) is 0 Å². The van der Waals surface area contributed by atoms with Gasteiger partial charge in [0.15, 0.2) is 0 Å². The third kappa shape index (κ3) is 3.56. The maximum atomic E-state index is 14.3. The van der Waals surface area contributed by atoms with Crippen LogP contribution in [0.3, 0.4) is 0 Å². The van der Waals surface area contributed by atoms with Crippen LogP contribution in [0.25, 0.3) is 0 Å². The van der Waals surface area contributed by atoms with Crippen LogP contribution >= 0.6 is 0 Å². The molecule has 1 aliphatic heterocycles. The van der Waals surface area contributed by atoms with Gasteiger partial charge in [-0.3, -0.25) is 0 Å². The zero-order valence-corrected chi connectivity index (χ0v) is 11.6. The van der Waals surface area contributed by atoms with Gasteiger partial charge in [0.25, 0.3) is 0 Å². The molecule has 1 aliphatic rings. The third-order valence-corrected chi connectivity index (χ3v) is 3.26. The molecule has 0 aromatic heterocycles. The molecule has 21 heavy (non-hydrogen) atoms. The highest BCUT2D eigenvalue weighted by atomic mass is 19.4. The fourth-order valence-corrected chi connectivity index (χ4v) is 2.28. The molecule has 1 N–H and O–H groups in total.